The van der Waals surface area contributed by atoms with E-state index in [1.165, 1.54) is 16.3 Å². The Morgan fingerprint density at radius 1 is 0.808 bits per heavy atom. The van der Waals surface area contributed by atoms with E-state index >= 15 is 0 Å². The van der Waals surface area contributed by atoms with Crippen LogP contribution in [0.15, 0.2) is 85.1 Å². The largest absolute Gasteiger partial charge is 0.255 e. The molecule has 4 aromatic rings. The highest BCUT2D eigenvalue weighted by molar-refractivity contribution is 5.83. The van der Waals surface area contributed by atoms with Gasteiger partial charge in [-0.25, -0.2) is 0 Å². The zero-order valence-corrected chi connectivity index (χ0v) is 14.8. The maximum atomic E-state index is 4.61. The lowest BCUT2D eigenvalue weighted by Gasteiger charge is -2.04. The summed E-state index contributed by atoms with van der Waals surface area (Å²) in [6.45, 7) is 2.02. The van der Waals surface area contributed by atoms with Crippen molar-refractivity contribution in [3.05, 3.63) is 102 Å². The first-order valence-electron chi connectivity index (χ1n) is 8.82. The van der Waals surface area contributed by atoms with E-state index in [1.54, 1.807) is 6.20 Å². The van der Waals surface area contributed by atoms with E-state index in [9.17, 15) is 0 Å². The van der Waals surface area contributed by atoms with Crippen molar-refractivity contribution in [1.82, 2.24) is 9.97 Å². The van der Waals surface area contributed by atoms with E-state index in [-0.39, 0.29) is 0 Å². The number of aromatic nitrogens is 2. The highest BCUT2D eigenvalue weighted by atomic mass is 14.8. The van der Waals surface area contributed by atoms with E-state index in [0.29, 0.717) is 0 Å². The van der Waals surface area contributed by atoms with Crippen LogP contribution < -0.4 is 0 Å². The summed E-state index contributed by atoms with van der Waals surface area (Å²) in [5.74, 6) is 0. The summed E-state index contributed by atoms with van der Waals surface area (Å²) in [6.07, 6.45) is 7.08. The van der Waals surface area contributed by atoms with Crippen LogP contribution in [-0.2, 0) is 6.42 Å². The van der Waals surface area contributed by atoms with Gasteiger partial charge in [-0.15, -0.1) is 0 Å². The molecule has 2 aromatic heterocycles. The molecule has 0 bridgehead atoms. The molecule has 0 N–H and O–H groups in total. The number of nitrogens with zero attached hydrogens (tertiary/aromatic N) is 2. The van der Waals surface area contributed by atoms with Gasteiger partial charge in [-0.3, -0.25) is 9.97 Å². The van der Waals surface area contributed by atoms with E-state index in [0.717, 1.165) is 29.1 Å². The Labute approximate surface area is 153 Å². The monoisotopic (exact) mass is 336 g/mol. The summed E-state index contributed by atoms with van der Waals surface area (Å²) in [5.41, 5.74) is 5.28. The number of pyridine rings is 2. The summed E-state index contributed by atoms with van der Waals surface area (Å²) in [5, 5.41) is 2.57. The van der Waals surface area contributed by atoms with Crippen LogP contribution in [-0.4, -0.2) is 9.97 Å². The number of aryl methyl sites for hydroxylation is 1. The minimum Gasteiger partial charge on any atom is -0.255 e. The standard InChI is InChI=1S/C24H20N2/c1-18-15-20(17-24(26-18)23-11-4-5-14-25-23)8-6-7-19-12-13-21-9-2-3-10-22(21)16-19/h2-6,8-17H,7H2,1H3/b8-6+. The highest BCUT2D eigenvalue weighted by Crippen LogP contribution is 2.19. The van der Waals surface area contributed by atoms with E-state index in [1.807, 2.05) is 25.1 Å². The van der Waals surface area contributed by atoms with Crippen molar-refractivity contribution in [3.8, 4) is 11.4 Å². The van der Waals surface area contributed by atoms with Crippen LogP contribution >= 0.6 is 0 Å². The number of allylic oxidation sites excluding steroid dienone is 1. The summed E-state index contributed by atoms with van der Waals surface area (Å²) in [7, 11) is 0. The molecular formula is C24H20N2. The van der Waals surface area contributed by atoms with Crippen LogP contribution in [0.3, 0.4) is 0 Å². The van der Waals surface area contributed by atoms with Gasteiger partial charge in [-0.05, 0) is 59.5 Å². The Kier molecular flexibility index (Phi) is 4.57. The van der Waals surface area contributed by atoms with Gasteiger partial charge >= 0.3 is 0 Å². The molecule has 126 valence electrons. The van der Waals surface area contributed by atoms with Gasteiger partial charge in [0.2, 0.25) is 0 Å². The molecule has 0 saturated heterocycles. The van der Waals surface area contributed by atoms with Crippen molar-refractivity contribution in [2.24, 2.45) is 0 Å². The Morgan fingerprint density at radius 2 is 1.65 bits per heavy atom. The third-order valence-corrected chi connectivity index (χ3v) is 4.38. The lowest BCUT2D eigenvalue weighted by Crippen LogP contribution is -1.91. The second kappa shape index (κ2) is 7.32. The zero-order chi connectivity index (χ0) is 17.8. The number of hydrogen-bond donors (Lipinski definition) is 0. The molecule has 0 fully saturated rings. The number of rotatable bonds is 4. The lowest BCUT2D eigenvalue weighted by molar-refractivity contribution is 1.17. The van der Waals surface area contributed by atoms with Gasteiger partial charge in [0, 0.05) is 11.9 Å². The highest BCUT2D eigenvalue weighted by Gasteiger charge is 2.02. The first-order chi connectivity index (χ1) is 12.8. The predicted molar refractivity (Wildman–Crippen MR) is 109 cm³/mol. The third-order valence-electron chi connectivity index (χ3n) is 4.38. The maximum Gasteiger partial charge on any atom is 0.0895 e. The molecule has 2 heteroatoms. The van der Waals surface area contributed by atoms with Crippen LogP contribution in [0.25, 0.3) is 28.2 Å². The van der Waals surface area contributed by atoms with Gasteiger partial charge in [0.05, 0.1) is 11.4 Å². The third kappa shape index (κ3) is 3.70. The predicted octanol–water partition coefficient (Wildman–Crippen LogP) is 5.86. The van der Waals surface area contributed by atoms with Crippen molar-refractivity contribution >= 4 is 16.8 Å². The Balaban J connectivity index is 1.55. The lowest BCUT2D eigenvalue weighted by atomic mass is 10.0. The average molecular weight is 336 g/mol. The van der Waals surface area contributed by atoms with Gasteiger partial charge in [-0.2, -0.15) is 0 Å². The minimum atomic E-state index is 0.903. The molecule has 0 aliphatic heterocycles. The molecule has 0 unspecified atom stereocenters. The average Bonchev–Trinajstić information content (AvgIpc) is 2.68. The van der Waals surface area contributed by atoms with Crippen LogP contribution in [0.5, 0.6) is 0 Å². The van der Waals surface area contributed by atoms with Crippen molar-refractivity contribution in [2.75, 3.05) is 0 Å². The molecule has 2 aromatic carbocycles. The Morgan fingerprint density at radius 3 is 2.50 bits per heavy atom. The molecular weight excluding hydrogens is 316 g/mol. The van der Waals surface area contributed by atoms with Gasteiger partial charge in [0.15, 0.2) is 0 Å². The van der Waals surface area contributed by atoms with Gasteiger partial charge in [-0.1, -0.05) is 60.7 Å². The van der Waals surface area contributed by atoms with Crippen LogP contribution in [0.1, 0.15) is 16.8 Å². The van der Waals surface area contributed by atoms with Crippen molar-refractivity contribution < 1.29 is 0 Å². The molecule has 0 aliphatic rings. The Hall–Kier alpha value is -3.26. The van der Waals surface area contributed by atoms with Crippen LogP contribution in [0.2, 0.25) is 0 Å². The Bertz CT molecular complexity index is 1070. The van der Waals surface area contributed by atoms with Gasteiger partial charge in [0.25, 0.3) is 0 Å². The topological polar surface area (TPSA) is 25.8 Å². The normalized spacial score (nSPS) is 11.3. The molecule has 26 heavy (non-hydrogen) atoms. The first kappa shape index (κ1) is 16.2. The van der Waals surface area contributed by atoms with Gasteiger partial charge in [0.1, 0.15) is 0 Å². The number of fused-ring (bicyclic) bond motifs is 1. The molecule has 0 amide bonds. The summed E-state index contributed by atoms with van der Waals surface area (Å²) in [6, 6.07) is 25.2. The molecule has 2 heterocycles. The fourth-order valence-electron chi connectivity index (χ4n) is 3.13. The molecule has 0 radical (unpaired) electrons. The molecule has 0 atom stereocenters. The fraction of sp³-hybridized carbons (Fsp3) is 0.0833. The maximum absolute atomic E-state index is 4.61. The fourth-order valence-corrected chi connectivity index (χ4v) is 3.13. The van der Waals surface area contributed by atoms with Crippen LogP contribution in [0, 0.1) is 6.92 Å². The molecule has 2 nitrogen and oxygen atoms in total. The SMILES string of the molecule is Cc1cc(/C=C/Cc2ccc3ccccc3c2)cc(-c2ccccn2)n1. The second-order valence-electron chi connectivity index (χ2n) is 6.43. The molecule has 0 aliphatic carbocycles. The smallest absolute Gasteiger partial charge is 0.0895 e. The summed E-state index contributed by atoms with van der Waals surface area (Å²) >= 11 is 0. The van der Waals surface area contributed by atoms with E-state index in [2.05, 4.69) is 76.7 Å². The quantitative estimate of drug-likeness (QED) is 0.466. The number of hydrogen-bond acceptors (Lipinski definition) is 2. The van der Waals surface area contributed by atoms with Gasteiger partial charge < -0.3 is 0 Å². The molecule has 4 rings (SSSR count). The van der Waals surface area contributed by atoms with Crippen LogP contribution in [0.4, 0.5) is 0 Å². The summed E-state index contributed by atoms with van der Waals surface area (Å²) in [4.78, 5) is 9.01. The summed E-state index contributed by atoms with van der Waals surface area (Å²) < 4.78 is 0. The number of benzene rings is 2. The molecule has 0 saturated carbocycles. The first-order valence-corrected chi connectivity index (χ1v) is 8.82. The minimum absolute atomic E-state index is 0.903. The van der Waals surface area contributed by atoms with E-state index in [4.69, 9.17) is 0 Å². The second-order valence-corrected chi connectivity index (χ2v) is 6.43. The van der Waals surface area contributed by atoms with E-state index < -0.39 is 0 Å². The van der Waals surface area contributed by atoms with Crippen molar-refractivity contribution in [3.63, 3.8) is 0 Å². The van der Waals surface area contributed by atoms with Crippen molar-refractivity contribution in [2.45, 2.75) is 13.3 Å². The van der Waals surface area contributed by atoms with Crippen molar-refractivity contribution in [1.29, 1.82) is 0 Å². The zero-order valence-electron chi connectivity index (χ0n) is 14.8. The molecule has 0 spiro atoms.